The van der Waals surface area contributed by atoms with Crippen molar-refractivity contribution in [1.82, 2.24) is 25.6 Å². The first-order valence-electron chi connectivity index (χ1n) is 8.47. The third-order valence-electron chi connectivity index (χ3n) is 3.59. The number of phenolic OH excluding ortho intramolecular Hbond substituents is 1. The Kier molecular flexibility index (Phi) is 6.35. The minimum Gasteiger partial charge on any atom is -0.503 e. The highest BCUT2D eigenvalue weighted by Crippen LogP contribution is 2.34. The molecule has 1 amide bonds. The summed E-state index contributed by atoms with van der Waals surface area (Å²) in [6.45, 7) is 1.91. The fourth-order valence-electron chi connectivity index (χ4n) is 2.30. The molecule has 3 rings (SSSR count). The van der Waals surface area contributed by atoms with Gasteiger partial charge in [-0.25, -0.2) is 9.82 Å². The number of halogens is 2. The molecule has 0 fully saturated rings. The molecular weight excluding hydrogens is 403 g/mol. The van der Waals surface area contributed by atoms with Gasteiger partial charge in [0, 0.05) is 5.56 Å². The van der Waals surface area contributed by atoms with Gasteiger partial charge in [0.1, 0.15) is 12.4 Å². The Balaban J connectivity index is 1.60. The van der Waals surface area contributed by atoms with Gasteiger partial charge in [-0.15, -0.1) is 10.2 Å². The first kappa shape index (κ1) is 20.2. The van der Waals surface area contributed by atoms with Gasteiger partial charge in [0.2, 0.25) is 5.82 Å². The van der Waals surface area contributed by atoms with Gasteiger partial charge in [-0.3, -0.25) is 4.79 Å². The Labute approximate surface area is 169 Å². The standard InChI is InChI=1S/C18H16ClFN6O3/c1-2-29-15-8-11(7-14(19)17(15)28)9-21-22-16(27)10-26-24-18(23-25-26)12-3-5-13(20)6-4-12/h3-9,28H,2,10H2,1H3,(H,22,27)/b21-9-. The number of phenols is 1. The molecule has 0 aliphatic heterocycles. The van der Waals surface area contributed by atoms with Crippen molar-refractivity contribution in [2.24, 2.45) is 5.10 Å². The number of benzene rings is 2. The van der Waals surface area contributed by atoms with Crippen molar-refractivity contribution in [3.05, 3.63) is 52.8 Å². The van der Waals surface area contributed by atoms with E-state index in [2.05, 4.69) is 25.9 Å². The molecule has 11 heteroatoms. The zero-order valence-corrected chi connectivity index (χ0v) is 16.0. The third-order valence-corrected chi connectivity index (χ3v) is 3.88. The summed E-state index contributed by atoms with van der Waals surface area (Å²) in [7, 11) is 0. The summed E-state index contributed by atoms with van der Waals surface area (Å²) in [4.78, 5) is 13.1. The minimum atomic E-state index is -0.487. The maximum atomic E-state index is 13.0. The number of amides is 1. The Bertz CT molecular complexity index is 1040. The van der Waals surface area contributed by atoms with Crippen molar-refractivity contribution in [2.75, 3.05) is 6.61 Å². The number of carbonyl (C=O) groups excluding carboxylic acids is 1. The Hall–Kier alpha value is -3.53. The fraction of sp³-hybridized carbons (Fsp3) is 0.167. The second kappa shape index (κ2) is 9.11. The molecule has 0 radical (unpaired) electrons. The summed E-state index contributed by atoms with van der Waals surface area (Å²) in [5.41, 5.74) is 3.42. The number of nitrogens with one attached hydrogen (secondary N) is 1. The highest BCUT2D eigenvalue weighted by atomic mass is 35.5. The molecule has 9 nitrogen and oxygen atoms in total. The molecule has 1 heterocycles. The largest absolute Gasteiger partial charge is 0.503 e. The summed E-state index contributed by atoms with van der Waals surface area (Å²) in [6, 6.07) is 8.60. The van der Waals surface area contributed by atoms with Gasteiger partial charge in [-0.05, 0) is 54.1 Å². The summed E-state index contributed by atoms with van der Waals surface area (Å²) in [5, 5.41) is 25.4. The number of hydrogen-bond donors (Lipinski definition) is 2. The number of tetrazole rings is 1. The molecule has 0 atom stereocenters. The molecule has 29 heavy (non-hydrogen) atoms. The second-order valence-corrected chi connectivity index (χ2v) is 6.13. The van der Waals surface area contributed by atoms with Gasteiger partial charge in [0.15, 0.2) is 11.5 Å². The fourth-order valence-corrected chi connectivity index (χ4v) is 2.52. The first-order valence-corrected chi connectivity index (χ1v) is 8.85. The van der Waals surface area contributed by atoms with E-state index in [1.165, 1.54) is 42.6 Å². The number of aromatic hydroxyl groups is 1. The van der Waals surface area contributed by atoms with Gasteiger partial charge < -0.3 is 9.84 Å². The molecule has 0 bridgehead atoms. The van der Waals surface area contributed by atoms with E-state index in [1.807, 2.05) is 0 Å². The van der Waals surface area contributed by atoms with Gasteiger partial charge in [0.25, 0.3) is 5.91 Å². The maximum absolute atomic E-state index is 13.0. The van der Waals surface area contributed by atoms with E-state index in [-0.39, 0.29) is 34.7 Å². The molecule has 150 valence electrons. The molecule has 0 saturated heterocycles. The predicted octanol–water partition coefficient (Wildman–Crippen LogP) is 2.39. The van der Waals surface area contributed by atoms with Crippen LogP contribution in [0.5, 0.6) is 11.5 Å². The number of nitrogens with zero attached hydrogens (tertiary/aromatic N) is 5. The normalized spacial score (nSPS) is 11.0. The molecule has 0 aliphatic carbocycles. The van der Waals surface area contributed by atoms with E-state index in [0.29, 0.717) is 17.7 Å². The number of rotatable bonds is 7. The third kappa shape index (κ3) is 5.26. The van der Waals surface area contributed by atoms with Gasteiger partial charge in [0.05, 0.1) is 17.8 Å². The van der Waals surface area contributed by atoms with Crippen molar-refractivity contribution in [1.29, 1.82) is 0 Å². The van der Waals surface area contributed by atoms with E-state index in [4.69, 9.17) is 16.3 Å². The van der Waals surface area contributed by atoms with Crippen molar-refractivity contribution >= 4 is 23.7 Å². The van der Waals surface area contributed by atoms with Crippen LogP contribution in [-0.2, 0) is 11.3 Å². The van der Waals surface area contributed by atoms with Crippen molar-refractivity contribution in [3.63, 3.8) is 0 Å². The van der Waals surface area contributed by atoms with E-state index < -0.39 is 5.91 Å². The van der Waals surface area contributed by atoms with Crippen LogP contribution in [-0.4, -0.2) is 44.0 Å². The van der Waals surface area contributed by atoms with E-state index in [9.17, 15) is 14.3 Å². The van der Waals surface area contributed by atoms with E-state index >= 15 is 0 Å². The zero-order chi connectivity index (χ0) is 20.8. The predicted molar refractivity (Wildman–Crippen MR) is 103 cm³/mol. The SMILES string of the molecule is CCOc1cc(/C=N\NC(=O)Cn2nnc(-c3ccc(F)cc3)n2)cc(Cl)c1O. The van der Waals surface area contributed by atoms with Crippen LogP contribution in [0.4, 0.5) is 4.39 Å². The van der Waals surface area contributed by atoms with Crippen LogP contribution in [0.1, 0.15) is 12.5 Å². The number of aromatic nitrogens is 4. The lowest BCUT2D eigenvalue weighted by Gasteiger charge is -2.08. The molecule has 0 saturated carbocycles. The quantitative estimate of drug-likeness (QED) is 0.449. The summed E-state index contributed by atoms with van der Waals surface area (Å²) in [5.74, 6) is -0.541. The first-order chi connectivity index (χ1) is 14.0. The summed E-state index contributed by atoms with van der Waals surface area (Å²) < 4.78 is 18.2. The van der Waals surface area contributed by atoms with Crippen molar-refractivity contribution in [3.8, 4) is 22.9 Å². The lowest BCUT2D eigenvalue weighted by Crippen LogP contribution is -2.24. The Morgan fingerprint density at radius 3 is 2.86 bits per heavy atom. The van der Waals surface area contributed by atoms with Crippen molar-refractivity contribution < 1.29 is 19.0 Å². The molecular formula is C18H16ClFN6O3. The number of ether oxygens (including phenoxy) is 1. The average Bonchev–Trinajstić information content (AvgIpc) is 3.14. The minimum absolute atomic E-state index is 0.101. The van der Waals surface area contributed by atoms with Gasteiger partial charge >= 0.3 is 0 Å². The molecule has 0 aliphatic rings. The molecule has 0 spiro atoms. The smallest absolute Gasteiger partial charge is 0.263 e. The number of hydrazone groups is 1. The highest BCUT2D eigenvalue weighted by molar-refractivity contribution is 6.32. The second-order valence-electron chi connectivity index (χ2n) is 5.73. The van der Waals surface area contributed by atoms with Crippen LogP contribution in [0, 0.1) is 5.82 Å². The van der Waals surface area contributed by atoms with Gasteiger partial charge in [-0.2, -0.15) is 9.90 Å². The average molecular weight is 419 g/mol. The number of hydrogen-bond acceptors (Lipinski definition) is 7. The molecule has 2 aromatic carbocycles. The monoisotopic (exact) mass is 418 g/mol. The maximum Gasteiger partial charge on any atom is 0.263 e. The summed E-state index contributed by atoms with van der Waals surface area (Å²) in [6.07, 6.45) is 1.35. The Morgan fingerprint density at radius 1 is 1.38 bits per heavy atom. The lowest BCUT2D eigenvalue weighted by molar-refractivity contribution is -0.122. The molecule has 2 N–H and O–H groups in total. The molecule has 0 unspecified atom stereocenters. The van der Waals surface area contributed by atoms with Crippen LogP contribution in [0.2, 0.25) is 5.02 Å². The van der Waals surface area contributed by atoms with Crippen LogP contribution in [0.25, 0.3) is 11.4 Å². The Morgan fingerprint density at radius 2 is 2.14 bits per heavy atom. The summed E-state index contributed by atoms with van der Waals surface area (Å²) >= 11 is 5.94. The zero-order valence-electron chi connectivity index (χ0n) is 15.2. The van der Waals surface area contributed by atoms with Crippen LogP contribution in [0.15, 0.2) is 41.5 Å². The van der Waals surface area contributed by atoms with Crippen LogP contribution in [0.3, 0.4) is 0 Å². The molecule has 1 aromatic heterocycles. The van der Waals surface area contributed by atoms with Gasteiger partial charge in [-0.1, -0.05) is 11.6 Å². The van der Waals surface area contributed by atoms with Crippen LogP contribution < -0.4 is 10.2 Å². The van der Waals surface area contributed by atoms with Crippen molar-refractivity contribution in [2.45, 2.75) is 13.5 Å². The lowest BCUT2D eigenvalue weighted by atomic mass is 10.2. The molecule has 3 aromatic rings. The van der Waals surface area contributed by atoms with E-state index in [0.717, 1.165) is 4.80 Å². The van der Waals surface area contributed by atoms with E-state index in [1.54, 1.807) is 6.92 Å². The van der Waals surface area contributed by atoms with Crippen LogP contribution >= 0.6 is 11.6 Å². The topological polar surface area (TPSA) is 115 Å². The number of carbonyl (C=O) groups is 1. The highest BCUT2D eigenvalue weighted by Gasteiger charge is 2.10.